The third-order valence-electron chi connectivity index (χ3n) is 1.87. The van der Waals surface area contributed by atoms with Crippen LogP contribution in [0.25, 0.3) is 0 Å². The van der Waals surface area contributed by atoms with Crippen LogP contribution in [-0.2, 0) is 14.3 Å². The molecule has 0 spiro atoms. The molecule has 0 amide bonds. The molecule has 100 valence electrons. The lowest BCUT2D eigenvalue weighted by Crippen LogP contribution is -2.10. The summed E-state index contributed by atoms with van der Waals surface area (Å²) in [6.07, 6.45) is 0. The molecule has 0 atom stereocenters. The Hall–Kier alpha value is -2.19. The summed E-state index contributed by atoms with van der Waals surface area (Å²) >= 11 is 5.78. The fourth-order valence-electron chi connectivity index (χ4n) is 1.14. The number of benzene rings is 1. The van der Waals surface area contributed by atoms with Crippen molar-refractivity contribution >= 4 is 23.5 Å². The van der Waals surface area contributed by atoms with Gasteiger partial charge in [-0.3, -0.25) is 0 Å². The fourth-order valence-corrected chi connectivity index (χ4v) is 1.31. The summed E-state index contributed by atoms with van der Waals surface area (Å²) in [5.74, 6) is 3.23. The second-order valence-corrected chi connectivity index (χ2v) is 3.73. The van der Waals surface area contributed by atoms with E-state index in [4.69, 9.17) is 21.4 Å². The molecule has 1 aromatic carbocycles. The van der Waals surface area contributed by atoms with Crippen molar-refractivity contribution in [2.75, 3.05) is 13.2 Å². The van der Waals surface area contributed by atoms with Gasteiger partial charge >= 0.3 is 11.9 Å². The molecule has 0 bridgehead atoms. The van der Waals surface area contributed by atoms with Crippen LogP contribution in [-0.4, -0.2) is 30.3 Å². The summed E-state index contributed by atoms with van der Waals surface area (Å²) < 4.78 is 9.68. The van der Waals surface area contributed by atoms with E-state index in [0.717, 1.165) is 0 Å². The average molecular weight is 283 g/mol. The van der Waals surface area contributed by atoms with Crippen LogP contribution in [0, 0.1) is 11.8 Å². The lowest BCUT2D eigenvalue weighted by Gasteiger charge is -2.06. The molecule has 1 N–H and O–H groups in total. The Labute approximate surface area is 115 Å². The van der Waals surface area contributed by atoms with E-state index in [-0.39, 0.29) is 12.4 Å². The van der Waals surface area contributed by atoms with E-state index in [9.17, 15) is 9.59 Å². The summed E-state index contributed by atoms with van der Waals surface area (Å²) in [6, 6.07) is 4.52. The number of carboxylic acid groups (broad SMARTS) is 1. The summed E-state index contributed by atoms with van der Waals surface area (Å²) in [4.78, 5) is 21.6. The SMILES string of the molecule is CCOC(=O)C#Cc1ccc(Cl)cc1OCC(=O)O. The number of rotatable bonds is 4. The van der Waals surface area contributed by atoms with E-state index in [2.05, 4.69) is 16.6 Å². The number of hydrogen-bond donors (Lipinski definition) is 1. The number of esters is 1. The molecule has 19 heavy (non-hydrogen) atoms. The van der Waals surface area contributed by atoms with Crippen LogP contribution in [0.1, 0.15) is 12.5 Å². The number of hydrogen-bond acceptors (Lipinski definition) is 4. The molecule has 1 aromatic rings. The van der Waals surface area contributed by atoms with Crippen molar-refractivity contribution < 1.29 is 24.2 Å². The van der Waals surface area contributed by atoms with Gasteiger partial charge in [0.15, 0.2) is 6.61 Å². The van der Waals surface area contributed by atoms with Crippen LogP contribution in [0.5, 0.6) is 5.75 Å². The molecule has 0 heterocycles. The van der Waals surface area contributed by atoms with Gasteiger partial charge in [-0.2, -0.15) is 0 Å². The Morgan fingerprint density at radius 1 is 1.42 bits per heavy atom. The topological polar surface area (TPSA) is 72.8 Å². The molecule has 0 saturated heterocycles. The first-order valence-corrected chi connectivity index (χ1v) is 5.73. The minimum absolute atomic E-state index is 0.201. The molecule has 0 aromatic heterocycles. The maximum absolute atomic E-state index is 11.1. The van der Waals surface area contributed by atoms with E-state index >= 15 is 0 Å². The van der Waals surface area contributed by atoms with Crippen molar-refractivity contribution in [1.29, 1.82) is 0 Å². The van der Waals surface area contributed by atoms with Crippen molar-refractivity contribution in [1.82, 2.24) is 0 Å². The van der Waals surface area contributed by atoms with E-state index in [1.54, 1.807) is 13.0 Å². The lowest BCUT2D eigenvalue weighted by atomic mass is 10.2. The number of halogens is 1. The van der Waals surface area contributed by atoms with Gasteiger partial charge in [0.1, 0.15) is 5.75 Å². The molecule has 0 unspecified atom stereocenters. The highest BCUT2D eigenvalue weighted by atomic mass is 35.5. The lowest BCUT2D eigenvalue weighted by molar-refractivity contribution is -0.139. The third-order valence-corrected chi connectivity index (χ3v) is 2.10. The summed E-state index contributed by atoms with van der Waals surface area (Å²) in [5.41, 5.74) is 0.360. The maximum Gasteiger partial charge on any atom is 0.384 e. The third kappa shape index (κ3) is 5.32. The van der Waals surface area contributed by atoms with Crippen LogP contribution in [0.15, 0.2) is 18.2 Å². The van der Waals surface area contributed by atoms with Crippen LogP contribution in [0.3, 0.4) is 0 Å². The van der Waals surface area contributed by atoms with Gasteiger partial charge in [-0.1, -0.05) is 17.5 Å². The van der Waals surface area contributed by atoms with Gasteiger partial charge < -0.3 is 14.6 Å². The molecule has 0 aliphatic carbocycles. The van der Waals surface area contributed by atoms with E-state index in [1.165, 1.54) is 12.1 Å². The van der Waals surface area contributed by atoms with Crippen LogP contribution >= 0.6 is 11.6 Å². The average Bonchev–Trinajstić information content (AvgIpc) is 2.35. The van der Waals surface area contributed by atoms with Crippen molar-refractivity contribution in [3.8, 4) is 17.6 Å². The number of carbonyl (C=O) groups excluding carboxylic acids is 1. The van der Waals surface area contributed by atoms with Gasteiger partial charge in [0.05, 0.1) is 12.2 Å². The largest absolute Gasteiger partial charge is 0.481 e. The predicted octanol–water partition coefficient (Wildman–Crippen LogP) is 1.72. The smallest absolute Gasteiger partial charge is 0.384 e. The Kier molecular flexibility index (Phi) is 5.71. The molecule has 6 heteroatoms. The molecule has 1 rings (SSSR count). The second-order valence-electron chi connectivity index (χ2n) is 3.29. The van der Waals surface area contributed by atoms with Crippen LogP contribution in [0.4, 0.5) is 0 Å². The number of ether oxygens (including phenoxy) is 2. The van der Waals surface area contributed by atoms with Gasteiger partial charge in [-0.05, 0) is 19.1 Å². The normalized spacial score (nSPS) is 9.16. The minimum Gasteiger partial charge on any atom is -0.481 e. The van der Waals surface area contributed by atoms with E-state index in [0.29, 0.717) is 10.6 Å². The molecule has 0 aliphatic rings. The standard InChI is InChI=1S/C13H11ClO5/c1-2-18-13(17)6-4-9-3-5-10(14)7-11(9)19-8-12(15)16/h3,5,7H,2,8H2,1H3,(H,15,16). The first-order valence-electron chi connectivity index (χ1n) is 5.36. The predicted molar refractivity (Wildman–Crippen MR) is 68.1 cm³/mol. The Morgan fingerprint density at radius 2 is 2.16 bits per heavy atom. The van der Waals surface area contributed by atoms with Crippen LogP contribution in [0.2, 0.25) is 5.02 Å². The van der Waals surface area contributed by atoms with Gasteiger partial charge in [0, 0.05) is 17.0 Å². The second kappa shape index (κ2) is 7.29. The van der Waals surface area contributed by atoms with E-state index < -0.39 is 18.5 Å². The highest BCUT2D eigenvalue weighted by Crippen LogP contribution is 2.22. The zero-order valence-electron chi connectivity index (χ0n) is 10.1. The van der Waals surface area contributed by atoms with Gasteiger partial charge in [0.2, 0.25) is 0 Å². The number of carbonyl (C=O) groups is 2. The summed E-state index contributed by atoms with van der Waals surface area (Å²) in [5, 5.41) is 8.93. The molecular formula is C13H11ClO5. The summed E-state index contributed by atoms with van der Waals surface area (Å²) in [7, 11) is 0. The molecule has 0 aliphatic heterocycles. The molecule has 0 saturated carbocycles. The minimum atomic E-state index is -1.12. The zero-order valence-corrected chi connectivity index (χ0v) is 10.9. The first-order chi connectivity index (χ1) is 9.02. The molecule has 5 nitrogen and oxygen atoms in total. The quantitative estimate of drug-likeness (QED) is 0.672. The maximum atomic E-state index is 11.1. The van der Waals surface area contributed by atoms with E-state index in [1.807, 2.05) is 0 Å². The van der Waals surface area contributed by atoms with Gasteiger partial charge in [-0.15, -0.1) is 0 Å². The van der Waals surface area contributed by atoms with Gasteiger partial charge in [-0.25, -0.2) is 9.59 Å². The van der Waals surface area contributed by atoms with Crippen molar-refractivity contribution in [3.05, 3.63) is 28.8 Å². The Morgan fingerprint density at radius 3 is 2.79 bits per heavy atom. The van der Waals surface area contributed by atoms with Crippen molar-refractivity contribution in [2.45, 2.75) is 6.92 Å². The molecule has 0 radical (unpaired) electrons. The van der Waals surface area contributed by atoms with Gasteiger partial charge in [0.25, 0.3) is 0 Å². The number of carboxylic acids is 1. The first kappa shape index (κ1) is 14.9. The highest BCUT2D eigenvalue weighted by molar-refractivity contribution is 6.30. The van der Waals surface area contributed by atoms with Crippen LogP contribution < -0.4 is 4.74 Å². The Bertz CT molecular complexity index is 542. The van der Waals surface area contributed by atoms with Crippen molar-refractivity contribution in [3.63, 3.8) is 0 Å². The highest BCUT2D eigenvalue weighted by Gasteiger charge is 2.06. The van der Waals surface area contributed by atoms with Crippen molar-refractivity contribution in [2.24, 2.45) is 0 Å². The number of aliphatic carboxylic acids is 1. The fraction of sp³-hybridized carbons (Fsp3) is 0.231. The molecule has 0 fully saturated rings. The molecular weight excluding hydrogens is 272 g/mol. The monoisotopic (exact) mass is 282 g/mol. The Balaban J connectivity index is 2.92. The zero-order chi connectivity index (χ0) is 14.3. The summed E-state index contributed by atoms with van der Waals surface area (Å²) in [6.45, 7) is 1.38.